The van der Waals surface area contributed by atoms with E-state index in [2.05, 4.69) is 10.3 Å². The third-order valence-corrected chi connectivity index (χ3v) is 7.22. The molecule has 0 radical (unpaired) electrons. The van der Waals surface area contributed by atoms with Gasteiger partial charge < -0.3 is 14.6 Å². The van der Waals surface area contributed by atoms with Crippen LogP contribution in [0.3, 0.4) is 0 Å². The summed E-state index contributed by atoms with van der Waals surface area (Å²) in [7, 11) is 0.923. The van der Waals surface area contributed by atoms with Crippen molar-refractivity contribution in [3.63, 3.8) is 0 Å². The molecule has 34 heavy (non-hydrogen) atoms. The number of aromatic nitrogens is 2. The maximum absolute atomic E-state index is 12.4. The number of ether oxygens (including phenoxy) is 1. The minimum atomic E-state index is -3.68. The molecule has 0 aliphatic rings. The van der Waals surface area contributed by atoms with E-state index in [1.165, 1.54) is 20.2 Å². The first-order valence-corrected chi connectivity index (χ1v) is 11.9. The molecule has 2 aromatic carbocycles. The number of nitrogens with one attached hydrogen (secondary N) is 1. The predicted molar refractivity (Wildman–Crippen MR) is 127 cm³/mol. The fourth-order valence-corrected chi connectivity index (χ4v) is 4.49. The van der Waals surface area contributed by atoms with Crippen molar-refractivity contribution in [3.8, 4) is 0 Å². The van der Waals surface area contributed by atoms with E-state index >= 15 is 0 Å². The maximum atomic E-state index is 12.4. The normalized spacial score (nSPS) is 11.6. The fourth-order valence-electron chi connectivity index (χ4n) is 3.34. The summed E-state index contributed by atoms with van der Waals surface area (Å²) in [5.74, 6) is -0.807. The van der Waals surface area contributed by atoms with Crippen molar-refractivity contribution in [2.75, 3.05) is 26.0 Å². The molecule has 1 amide bonds. The summed E-state index contributed by atoms with van der Waals surface area (Å²) in [6.07, 6.45) is 0.0996. The van der Waals surface area contributed by atoms with Crippen LogP contribution in [0.2, 0.25) is 0 Å². The standard InChI is InChI=1S/C23H26N4O6S/c1-15-9-10-16(13-19(15)34(31,32)26(2)3)24-21(28)14-33-22(29)12-11-20-25-23(30)17-7-5-6-8-18(17)27(20)4/h5-10,13H,11-12,14H2,1-4H3,(H,24,28). The highest BCUT2D eigenvalue weighted by Crippen LogP contribution is 2.22. The number of carbonyl (C=O) groups is 2. The van der Waals surface area contributed by atoms with Crippen LogP contribution >= 0.6 is 0 Å². The lowest BCUT2D eigenvalue weighted by atomic mass is 10.2. The number of para-hydroxylation sites is 1. The van der Waals surface area contributed by atoms with Crippen LogP contribution in [0.5, 0.6) is 0 Å². The minimum Gasteiger partial charge on any atom is -0.456 e. The van der Waals surface area contributed by atoms with Crippen LogP contribution in [0, 0.1) is 6.92 Å². The summed E-state index contributed by atoms with van der Waals surface area (Å²) in [5.41, 5.74) is 1.14. The van der Waals surface area contributed by atoms with Gasteiger partial charge in [0.25, 0.3) is 11.5 Å². The molecule has 0 aliphatic heterocycles. The lowest BCUT2D eigenvalue weighted by Crippen LogP contribution is -2.24. The van der Waals surface area contributed by atoms with Crippen molar-refractivity contribution in [3.05, 3.63) is 64.2 Å². The van der Waals surface area contributed by atoms with Crippen LogP contribution in [-0.4, -0.2) is 54.9 Å². The number of aryl methyl sites for hydroxylation is 3. The Morgan fingerprint density at radius 2 is 1.85 bits per heavy atom. The molecule has 11 heteroatoms. The Morgan fingerprint density at radius 1 is 1.15 bits per heavy atom. The topological polar surface area (TPSA) is 128 Å². The van der Waals surface area contributed by atoms with Gasteiger partial charge in [-0.2, -0.15) is 4.98 Å². The van der Waals surface area contributed by atoms with Gasteiger partial charge in [0.1, 0.15) is 5.82 Å². The number of nitrogens with zero attached hydrogens (tertiary/aromatic N) is 3. The number of hydrogen-bond acceptors (Lipinski definition) is 7. The molecule has 1 aromatic heterocycles. The summed E-state index contributed by atoms with van der Waals surface area (Å²) >= 11 is 0. The first kappa shape index (κ1) is 25.1. The van der Waals surface area contributed by atoms with Crippen LogP contribution in [0.25, 0.3) is 10.9 Å². The van der Waals surface area contributed by atoms with E-state index in [-0.39, 0.29) is 29.0 Å². The number of amides is 1. The smallest absolute Gasteiger partial charge is 0.306 e. The molecule has 1 N–H and O–H groups in total. The van der Waals surface area contributed by atoms with Gasteiger partial charge in [0.05, 0.1) is 22.2 Å². The van der Waals surface area contributed by atoms with Crippen molar-refractivity contribution in [1.29, 1.82) is 0 Å². The lowest BCUT2D eigenvalue weighted by Gasteiger charge is -2.15. The highest BCUT2D eigenvalue weighted by Gasteiger charge is 2.20. The molecule has 0 unspecified atom stereocenters. The zero-order valence-electron chi connectivity index (χ0n) is 19.4. The molecule has 10 nitrogen and oxygen atoms in total. The Kier molecular flexibility index (Phi) is 7.48. The Labute approximate surface area is 197 Å². The van der Waals surface area contributed by atoms with Crippen LogP contribution in [0.1, 0.15) is 17.8 Å². The van der Waals surface area contributed by atoms with E-state index in [1.807, 2.05) is 6.07 Å². The minimum absolute atomic E-state index is 0.0678. The summed E-state index contributed by atoms with van der Waals surface area (Å²) in [4.78, 5) is 40.7. The van der Waals surface area contributed by atoms with E-state index in [9.17, 15) is 22.8 Å². The summed E-state index contributed by atoms with van der Waals surface area (Å²) in [6.45, 7) is 1.12. The molecule has 1 heterocycles. The van der Waals surface area contributed by atoms with Crippen LogP contribution in [0.15, 0.2) is 52.2 Å². The molecular formula is C23H26N4O6S. The van der Waals surface area contributed by atoms with Crippen molar-refractivity contribution in [2.45, 2.75) is 24.7 Å². The lowest BCUT2D eigenvalue weighted by molar-refractivity contribution is -0.147. The first-order valence-electron chi connectivity index (χ1n) is 10.4. The third kappa shape index (κ3) is 5.49. The van der Waals surface area contributed by atoms with Gasteiger partial charge in [0.2, 0.25) is 10.0 Å². The number of benzene rings is 2. The summed E-state index contributed by atoms with van der Waals surface area (Å²) in [6, 6.07) is 11.6. The number of carbonyl (C=O) groups excluding carboxylic acids is 2. The molecule has 0 atom stereocenters. The van der Waals surface area contributed by atoms with E-state index in [0.29, 0.717) is 22.3 Å². The number of esters is 1. The van der Waals surface area contributed by atoms with E-state index in [1.54, 1.807) is 48.9 Å². The average Bonchev–Trinajstić information content (AvgIpc) is 2.80. The fraction of sp³-hybridized carbons (Fsp3) is 0.304. The van der Waals surface area contributed by atoms with Crippen molar-refractivity contribution in [2.24, 2.45) is 7.05 Å². The van der Waals surface area contributed by atoms with Crippen molar-refractivity contribution in [1.82, 2.24) is 13.9 Å². The zero-order chi connectivity index (χ0) is 25.0. The number of hydrogen-bond donors (Lipinski definition) is 1. The molecule has 180 valence electrons. The highest BCUT2D eigenvalue weighted by atomic mass is 32.2. The Balaban J connectivity index is 1.58. The quantitative estimate of drug-likeness (QED) is 0.479. The van der Waals surface area contributed by atoms with E-state index < -0.39 is 28.5 Å². The number of sulfonamides is 1. The first-order chi connectivity index (χ1) is 16.0. The zero-order valence-corrected chi connectivity index (χ0v) is 20.2. The molecule has 0 bridgehead atoms. The Hall–Kier alpha value is -3.57. The molecule has 0 spiro atoms. The van der Waals surface area contributed by atoms with Gasteiger partial charge in [-0.1, -0.05) is 18.2 Å². The van der Waals surface area contributed by atoms with Gasteiger partial charge in [-0.3, -0.25) is 14.4 Å². The molecule has 0 aliphatic carbocycles. The molecule has 3 rings (SSSR count). The largest absolute Gasteiger partial charge is 0.456 e. The molecule has 0 fully saturated rings. The predicted octanol–water partition coefficient (Wildman–Crippen LogP) is 1.61. The van der Waals surface area contributed by atoms with Gasteiger partial charge in [-0.25, -0.2) is 12.7 Å². The van der Waals surface area contributed by atoms with Gasteiger partial charge >= 0.3 is 5.97 Å². The van der Waals surface area contributed by atoms with Crippen molar-refractivity contribution >= 4 is 38.5 Å². The van der Waals surface area contributed by atoms with Gasteiger partial charge in [-0.15, -0.1) is 0 Å². The van der Waals surface area contributed by atoms with Gasteiger partial charge in [0, 0.05) is 33.3 Å². The third-order valence-electron chi connectivity index (χ3n) is 5.26. The summed E-state index contributed by atoms with van der Waals surface area (Å²) < 4.78 is 32.7. The molecule has 3 aromatic rings. The Bertz CT molecular complexity index is 1410. The molecule has 0 saturated heterocycles. The van der Waals surface area contributed by atoms with Crippen LogP contribution < -0.4 is 10.9 Å². The second-order valence-corrected chi connectivity index (χ2v) is 10.0. The van der Waals surface area contributed by atoms with Crippen LogP contribution in [-0.2, 0) is 37.8 Å². The van der Waals surface area contributed by atoms with Crippen LogP contribution in [0.4, 0.5) is 5.69 Å². The van der Waals surface area contributed by atoms with Gasteiger partial charge in [-0.05, 0) is 36.8 Å². The number of fused-ring (bicyclic) bond motifs is 1. The second kappa shape index (κ2) is 10.1. The average molecular weight is 487 g/mol. The molecular weight excluding hydrogens is 460 g/mol. The van der Waals surface area contributed by atoms with Gasteiger partial charge in [0.15, 0.2) is 6.61 Å². The van der Waals surface area contributed by atoms with Crippen molar-refractivity contribution < 1.29 is 22.7 Å². The van der Waals surface area contributed by atoms with E-state index in [4.69, 9.17) is 4.74 Å². The molecule has 0 saturated carbocycles. The highest BCUT2D eigenvalue weighted by molar-refractivity contribution is 7.89. The SMILES string of the molecule is Cc1ccc(NC(=O)COC(=O)CCc2nc(=O)c3ccccc3n2C)cc1S(=O)(=O)N(C)C. The Morgan fingerprint density at radius 3 is 2.56 bits per heavy atom. The monoisotopic (exact) mass is 486 g/mol. The number of anilines is 1. The maximum Gasteiger partial charge on any atom is 0.306 e. The second-order valence-electron chi connectivity index (χ2n) is 7.89. The number of rotatable bonds is 8. The van der Waals surface area contributed by atoms with E-state index in [0.717, 1.165) is 4.31 Å². The summed E-state index contributed by atoms with van der Waals surface area (Å²) in [5, 5.41) is 3.02.